The van der Waals surface area contributed by atoms with Gasteiger partial charge in [-0.2, -0.15) is 0 Å². The summed E-state index contributed by atoms with van der Waals surface area (Å²) in [5.74, 6) is -0.164. The Morgan fingerprint density at radius 1 is 1.47 bits per heavy atom. The third-order valence-corrected chi connectivity index (χ3v) is 3.47. The number of primary amides is 1. The Morgan fingerprint density at radius 3 is 2.59 bits per heavy atom. The minimum atomic E-state index is -0.802. The largest absolute Gasteiger partial charge is 0.368 e. The van der Waals surface area contributed by atoms with E-state index in [0.717, 1.165) is 12.8 Å². The molecule has 4 N–H and O–H groups in total. The highest BCUT2D eigenvalue weighted by Gasteiger charge is 2.40. The number of hydrogen-bond acceptors (Lipinski definition) is 3. The molecule has 0 bridgehead atoms. The van der Waals surface area contributed by atoms with Gasteiger partial charge in [-0.25, -0.2) is 0 Å². The average Bonchev–Trinajstić information content (AvgIpc) is 2.24. The van der Waals surface area contributed by atoms with Crippen LogP contribution in [0.4, 0.5) is 0 Å². The molecule has 0 aromatic carbocycles. The molecule has 17 heavy (non-hydrogen) atoms. The number of rotatable bonds is 4. The van der Waals surface area contributed by atoms with E-state index in [1.54, 1.807) is 0 Å². The fourth-order valence-corrected chi connectivity index (χ4v) is 2.62. The van der Waals surface area contributed by atoms with Crippen LogP contribution in [0.15, 0.2) is 0 Å². The summed E-state index contributed by atoms with van der Waals surface area (Å²) < 4.78 is 0. The van der Waals surface area contributed by atoms with Gasteiger partial charge >= 0.3 is 0 Å². The lowest BCUT2D eigenvalue weighted by atomic mass is 9.76. The van der Waals surface area contributed by atoms with Crippen LogP contribution < -0.4 is 11.5 Å². The molecule has 1 rings (SSSR count). The summed E-state index contributed by atoms with van der Waals surface area (Å²) in [6.07, 6.45) is 3.48. The smallest absolute Gasteiger partial charge is 0.243 e. The monoisotopic (exact) mass is 241 g/mol. The van der Waals surface area contributed by atoms with Gasteiger partial charge in [0.1, 0.15) is 0 Å². The maximum Gasteiger partial charge on any atom is 0.243 e. The second kappa shape index (κ2) is 5.49. The molecule has 2 unspecified atom stereocenters. The van der Waals surface area contributed by atoms with Crippen LogP contribution in [0, 0.1) is 5.92 Å². The van der Waals surface area contributed by atoms with Crippen LogP contribution in [0.2, 0.25) is 0 Å². The summed E-state index contributed by atoms with van der Waals surface area (Å²) in [6.45, 7) is 4.37. The van der Waals surface area contributed by atoms with Crippen LogP contribution >= 0.6 is 0 Å². The molecule has 98 valence electrons. The molecule has 5 nitrogen and oxygen atoms in total. The van der Waals surface area contributed by atoms with E-state index in [1.807, 2.05) is 6.92 Å². The van der Waals surface area contributed by atoms with E-state index >= 15 is 0 Å². The zero-order valence-electron chi connectivity index (χ0n) is 10.7. The number of likely N-dealkylation sites (N-methyl/N-ethyl adjacent to an activating group) is 1. The van der Waals surface area contributed by atoms with Crippen LogP contribution in [-0.4, -0.2) is 35.3 Å². The van der Waals surface area contributed by atoms with Crippen molar-refractivity contribution in [2.24, 2.45) is 17.4 Å². The molecule has 1 aliphatic carbocycles. The molecule has 1 fully saturated rings. The van der Waals surface area contributed by atoms with E-state index in [4.69, 9.17) is 11.5 Å². The first-order valence-corrected chi connectivity index (χ1v) is 6.25. The molecule has 0 aromatic heterocycles. The number of hydrogen-bond donors (Lipinski definition) is 2. The molecule has 1 saturated carbocycles. The van der Waals surface area contributed by atoms with Crippen LogP contribution in [0.25, 0.3) is 0 Å². The Balaban J connectivity index is 2.74. The lowest BCUT2D eigenvalue weighted by Gasteiger charge is -2.38. The van der Waals surface area contributed by atoms with Gasteiger partial charge in [0.2, 0.25) is 11.8 Å². The fraction of sp³-hybridized carbons (Fsp3) is 0.833. The highest BCUT2D eigenvalue weighted by molar-refractivity contribution is 5.89. The van der Waals surface area contributed by atoms with Crippen molar-refractivity contribution in [1.82, 2.24) is 4.90 Å². The maximum atomic E-state index is 12.3. The second-order valence-electron chi connectivity index (χ2n) is 5.14. The molecule has 0 aromatic rings. The molecule has 0 radical (unpaired) electrons. The van der Waals surface area contributed by atoms with Crippen LogP contribution in [-0.2, 0) is 9.59 Å². The summed E-state index contributed by atoms with van der Waals surface area (Å²) in [6, 6.07) is 0. The van der Waals surface area contributed by atoms with Crippen molar-refractivity contribution in [3.05, 3.63) is 0 Å². The molecule has 5 heteroatoms. The minimum Gasteiger partial charge on any atom is -0.368 e. The van der Waals surface area contributed by atoms with E-state index in [-0.39, 0.29) is 12.5 Å². The normalized spacial score (nSPS) is 28.8. The van der Waals surface area contributed by atoms with E-state index in [2.05, 4.69) is 6.92 Å². The van der Waals surface area contributed by atoms with Gasteiger partial charge in [0.05, 0.1) is 12.1 Å². The number of amides is 2. The van der Waals surface area contributed by atoms with Gasteiger partial charge in [-0.1, -0.05) is 19.8 Å². The van der Waals surface area contributed by atoms with Crippen molar-refractivity contribution in [2.75, 3.05) is 13.1 Å². The van der Waals surface area contributed by atoms with Gasteiger partial charge in [-0.05, 0) is 25.7 Å². The van der Waals surface area contributed by atoms with Crippen LogP contribution in [0.1, 0.15) is 39.5 Å². The summed E-state index contributed by atoms with van der Waals surface area (Å²) in [5, 5.41) is 0. The van der Waals surface area contributed by atoms with E-state index in [9.17, 15) is 9.59 Å². The van der Waals surface area contributed by atoms with Crippen molar-refractivity contribution in [1.29, 1.82) is 0 Å². The molecular weight excluding hydrogens is 218 g/mol. The number of carbonyl (C=O) groups is 2. The van der Waals surface area contributed by atoms with Crippen molar-refractivity contribution in [2.45, 2.75) is 45.1 Å². The van der Waals surface area contributed by atoms with Gasteiger partial charge in [0.15, 0.2) is 0 Å². The first-order valence-electron chi connectivity index (χ1n) is 6.25. The predicted molar refractivity (Wildman–Crippen MR) is 66.0 cm³/mol. The van der Waals surface area contributed by atoms with E-state index in [0.29, 0.717) is 25.3 Å². The highest BCUT2D eigenvalue weighted by atomic mass is 16.2. The van der Waals surface area contributed by atoms with Crippen LogP contribution in [0.3, 0.4) is 0 Å². The fourth-order valence-electron chi connectivity index (χ4n) is 2.62. The molecular formula is C12H23N3O2. The molecule has 0 aliphatic heterocycles. The van der Waals surface area contributed by atoms with Gasteiger partial charge < -0.3 is 16.4 Å². The van der Waals surface area contributed by atoms with Gasteiger partial charge in [-0.3, -0.25) is 9.59 Å². The standard InChI is InChI=1S/C12H23N3O2/c1-3-15(8-10(13)16)11(17)12(14)6-4-5-9(2)7-12/h9H,3-8,14H2,1-2H3,(H2,13,16). The minimum absolute atomic E-state index is 0.0390. The van der Waals surface area contributed by atoms with Crippen molar-refractivity contribution < 1.29 is 9.59 Å². The van der Waals surface area contributed by atoms with Gasteiger partial charge in [-0.15, -0.1) is 0 Å². The first kappa shape index (κ1) is 14.0. The first-order chi connectivity index (χ1) is 7.89. The Labute approximate surface area is 103 Å². The Bertz CT molecular complexity index is 306. The number of nitrogens with zero attached hydrogens (tertiary/aromatic N) is 1. The summed E-state index contributed by atoms with van der Waals surface area (Å²) in [4.78, 5) is 24.7. The van der Waals surface area contributed by atoms with Crippen molar-refractivity contribution >= 4 is 11.8 Å². The zero-order valence-corrected chi connectivity index (χ0v) is 10.7. The van der Waals surface area contributed by atoms with Gasteiger partial charge in [0.25, 0.3) is 0 Å². The Morgan fingerprint density at radius 2 is 2.12 bits per heavy atom. The summed E-state index contributed by atoms with van der Waals surface area (Å²) >= 11 is 0. The Hall–Kier alpha value is -1.10. The third-order valence-electron chi connectivity index (χ3n) is 3.47. The summed E-state index contributed by atoms with van der Waals surface area (Å²) in [7, 11) is 0. The molecule has 0 spiro atoms. The highest BCUT2D eigenvalue weighted by Crippen LogP contribution is 2.31. The van der Waals surface area contributed by atoms with Crippen molar-refractivity contribution in [3.8, 4) is 0 Å². The molecule has 0 saturated heterocycles. The summed E-state index contributed by atoms with van der Waals surface area (Å²) in [5.41, 5.74) is 10.5. The zero-order chi connectivity index (χ0) is 13.1. The topological polar surface area (TPSA) is 89.4 Å². The molecule has 2 amide bonds. The van der Waals surface area contributed by atoms with Crippen LogP contribution in [0.5, 0.6) is 0 Å². The third kappa shape index (κ3) is 3.43. The maximum absolute atomic E-state index is 12.3. The molecule has 1 aliphatic rings. The lowest BCUT2D eigenvalue weighted by molar-refractivity contribution is -0.141. The van der Waals surface area contributed by atoms with Gasteiger partial charge in [0, 0.05) is 6.54 Å². The lowest BCUT2D eigenvalue weighted by Crippen LogP contribution is -2.58. The Kier molecular flexibility index (Phi) is 4.51. The van der Waals surface area contributed by atoms with Crippen molar-refractivity contribution in [3.63, 3.8) is 0 Å². The molecule has 0 heterocycles. The van der Waals surface area contributed by atoms with E-state index < -0.39 is 11.4 Å². The number of carbonyl (C=O) groups excluding carboxylic acids is 2. The second-order valence-corrected chi connectivity index (χ2v) is 5.14. The molecule has 2 atom stereocenters. The van der Waals surface area contributed by atoms with E-state index in [1.165, 1.54) is 4.90 Å². The average molecular weight is 241 g/mol. The predicted octanol–water partition coefficient (Wildman–Crippen LogP) is 0.228. The number of nitrogens with two attached hydrogens (primary N) is 2. The quantitative estimate of drug-likeness (QED) is 0.738. The SMILES string of the molecule is CCN(CC(N)=O)C(=O)C1(N)CCCC(C)C1.